The van der Waals surface area contributed by atoms with Gasteiger partial charge in [-0.15, -0.1) is 0 Å². The maximum atomic E-state index is 4.60. The van der Waals surface area contributed by atoms with Gasteiger partial charge in [-0.3, -0.25) is 0 Å². The molecule has 0 unspecified atom stereocenters. The molecule has 2 N–H and O–H groups in total. The third-order valence-corrected chi connectivity index (χ3v) is 4.26. The van der Waals surface area contributed by atoms with E-state index in [1.807, 2.05) is 6.07 Å². The lowest BCUT2D eigenvalue weighted by atomic mass is 10.0. The molecule has 0 aromatic carbocycles. The Bertz CT molecular complexity index is 408. The number of nitrogens with one attached hydrogen (secondary N) is 2. The normalized spacial score (nSPS) is 20.5. The number of hydrogen-bond acceptors (Lipinski definition) is 3. The summed E-state index contributed by atoms with van der Waals surface area (Å²) >= 11 is 0. The molecule has 0 saturated heterocycles. The average molecular weight is 245 g/mol. The molecule has 0 atom stereocenters. The summed E-state index contributed by atoms with van der Waals surface area (Å²) in [6.07, 6.45) is 6.86. The Hall–Kier alpha value is -1.25. The van der Waals surface area contributed by atoms with Gasteiger partial charge in [0.05, 0.1) is 0 Å². The Morgan fingerprint density at radius 1 is 1.22 bits per heavy atom. The minimum absolute atomic E-state index is 0.633. The molecule has 3 rings (SSSR count). The van der Waals surface area contributed by atoms with Crippen molar-refractivity contribution in [1.29, 1.82) is 0 Å². The van der Waals surface area contributed by atoms with Gasteiger partial charge in [0.15, 0.2) is 0 Å². The molecule has 3 nitrogen and oxygen atoms in total. The lowest BCUT2D eigenvalue weighted by Crippen LogP contribution is -2.18. The number of aromatic nitrogens is 1. The van der Waals surface area contributed by atoms with Crippen LogP contribution in [0.5, 0.6) is 0 Å². The molecule has 98 valence electrons. The highest BCUT2D eigenvalue weighted by molar-refractivity contribution is 5.45. The second kappa shape index (κ2) is 4.79. The van der Waals surface area contributed by atoms with Crippen LogP contribution < -0.4 is 10.6 Å². The van der Waals surface area contributed by atoms with Crippen molar-refractivity contribution in [3.63, 3.8) is 0 Å². The first-order chi connectivity index (χ1) is 8.82. The molecule has 0 spiro atoms. The summed E-state index contributed by atoms with van der Waals surface area (Å²) in [4.78, 5) is 4.60. The summed E-state index contributed by atoms with van der Waals surface area (Å²) < 4.78 is 0. The fourth-order valence-corrected chi connectivity index (χ4v) is 2.74. The van der Waals surface area contributed by atoms with Crippen LogP contribution in [-0.2, 0) is 0 Å². The molecule has 3 heteroatoms. The summed E-state index contributed by atoms with van der Waals surface area (Å²) in [5, 5.41) is 6.87. The Morgan fingerprint density at radius 2 is 1.94 bits per heavy atom. The first-order valence-electron chi connectivity index (χ1n) is 7.27. The quantitative estimate of drug-likeness (QED) is 0.772. The molecule has 18 heavy (non-hydrogen) atoms. The molecule has 2 aliphatic carbocycles. The van der Waals surface area contributed by atoms with E-state index < -0.39 is 0 Å². The summed E-state index contributed by atoms with van der Waals surface area (Å²) in [5.74, 6) is 3.01. The largest absolute Gasteiger partial charge is 0.370 e. The van der Waals surface area contributed by atoms with Crippen LogP contribution in [0.1, 0.15) is 39.0 Å². The Kier molecular flexibility index (Phi) is 3.14. The third kappa shape index (κ3) is 2.60. The van der Waals surface area contributed by atoms with E-state index in [0.717, 1.165) is 37.1 Å². The van der Waals surface area contributed by atoms with E-state index in [2.05, 4.69) is 34.7 Å². The van der Waals surface area contributed by atoms with Gasteiger partial charge in [-0.05, 0) is 55.6 Å². The first kappa shape index (κ1) is 11.8. The van der Waals surface area contributed by atoms with Gasteiger partial charge in [-0.1, -0.05) is 13.0 Å². The smallest absolute Gasteiger partial charge is 0.128 e. The van der Waals surface area contributed by atoms with Crippen molar-refractivity contribution in [2.45, 2.75) is 39.0 Å². The van der Waals surface area contributed by atoms with E-state index in [9.17, 15) is 0 Å². The molecule has 2 aliphatic rings. The zero-order chi connectivity index (χ0) is 12.4. The minimum Gasteiger partial charge on any atom is -0.370 e. The first-order valence-corrected chi connectivity index (χ1v) is 7.27. The van der Waals surface area contributed by atoms with Crippen LogP contribution in [0.3, 0.4) is 0 Å². The van der Waals surface area contributed by atoms with E-state index in [1.165, 1.54) is 25.7 Å². The van der Waals surface area contributed by atoms with Gasteiger partial charge in [0.2, 0.25) is 0 Å². The van der Waals surface area contributed by atoms with Crippen molar-refractivity contribution in [3.8, 4) is 0 Å². The van der Waals surface area contributed by atoms with E-state index in [-0.39, 0.29) is 0 Å². The fourth-order valence-electron chi connectivity index (χ4n) is 2.74. The van der Waals surface area contributed by atoms with Crippen LogP contribution in [0, 0.1) is 11.3 Å². The maximum Gasteiger partial charge on any atom is 0.128 e. The van der Waals surface area contributed by atoms with Gasteiger partial charge in [0, 0.05) is 13.1 Å². The van der Waals surface area contributed by atoms with Gasteiger partial charge in [-0.25, -0.2) is 4.98 Å². The lowest BCUT2D eigenvalue weighted by Gasteiger charge is -2.16. The SMILES string of the molecule is CCCNc1cccc(NCC2(C3CC3)CC2)n1. The van der Waals surface area contributed by atoms with Crippen molar-refractivity contribution >= 4 is 11.6 Å². The second-order valence-corrected chi connectivity index (χ2v) is 5.83. The van der Waals surface area contributed by atoms with E-state index in [1.54, 1.807) is 0 Å². The van der Waals surface area contributed by atoms with Crippen molar-refractivity contribution in [2.24, 2.45) is 11.3 Å². The highest BCUT2D eigenvalue weighted by Crippen LogP contribution is 2.61. The van der Waals surface area contributed by atoms with Crippen LogP contribution in [0.4, 0.5) is 11.6 Å². The summed E-state index contributed by atoms with van der Waals surface area (Å²) in [6.45, 7) is 4.27. The van der Waals surface area contributed by atoms with Crippen molar-refractivity contribution < 1.29 is 0 Å². The molecule has 2 saturated carbocycles. The number of hydrogen-bond donors (Lipinski definition) is 2. The molecule has 0 amide bonds. The van der Waals surface area contributed by atoms with Gasteiger partial charge in [0.1, 0.15) is 11.6 Å². The molecule has 1 heterocycles. The van der Waals surface area contributed by atoms with Gasteiger partial charge < -0.3 is 10.6 Å². The lowest BCUT2D eigenvalue weighted by molar-refractivity contribution is 0.466. The maximum absolute atomic E-state index is 4.60. The summed E-state index contributed by atoms with van der Waals surface area (Å²) in [7, 11) is 0. The topological polar surface area (TPSA) is 37.0 Å². The highest BCUT2D eigenvalue weighted by atomic mass is 15.1. The molecular formula is C15H23N3. The summed E-state index contributed by atoms with van der Waals surface area (Å²) in [6, 6.07) is 6.18. The molecule has 2 fully saturated rings. The predicted molar refractivity (Wildman–Crippen MR) is 75.9 cm³/mol. The van der Waals surface area contributed by atoms with Crippen LogP contribution in [-0.4, -0.2) is 18.1 Å². The van der Waals surface area contributed by atoms with Crippen LogP contribution in [0.25, 0.3) is 0 Å². The number of rotatable bonds is 7. The van der Waals surface area contributed by atoms with Gasteiger partial charge in [0.25, 0.3) is 0 Å². The van der Waals surface area contributed by atoms with Gasteiger partial charge in [-0.2, -0.15) is 0 Å². The zero-order valence-corrected chi connectivity index (χ0v) is 11.2. The zero-order valence-electron chi connectivity index (χ0n) is 11.2. The van der Waals surface area contributed by atoms with Crippen LogP contribution in [0.2, 0.25) is 0 Å². The molecule has 0 radical (unpaired) electrons. The highest BCUT2D eigenvalue weighted by Gasteiger charge is 2.53. The van der Waals surface area contributed by atoms with E-state index in [0.29, 0.717) is 5.41 Å². The Morgan fingerprint density at radius 3 is 2.56 bits per heavy atom. The van der Waals surface area contributed by atoms with E-state index in [4.69, 9.17) is 0 Å². The van der Waals surface area contributed by atoms with Crippen molar-refractivity contribution in [1.82, 2.24) is 4.98 Å². The minimum atomic E-state index is 0.633. The van der Waals surface area contributed by atoms with E-state index >= 15 is 0 Å². The molecule has 1 aromatic rings. The number of anilines is 2. The second-order valence-electron chi connectivity index (χ2n) is 5.83. The number of nitrogens with zero attached hydrogens (tertiary/aromatic N) is 1. The predicted octanol–water partition coefficient (Wildman–Crippen LogP) is 3.51. The van der Waals surface area contributed by atoms with Crippen molar-refractivity contribution in [2.75, 3.05) is 23.7 Å². The Labute approximate surface area is 109 Å². The average Bonchev–Trinajstić information content (AvgIpc) is 3.27. The Balaban J connectivity index is 1.55. The van der Waals surface area contributed by atoms with Crippen LogP contribution >= 0.6 is 0 Å². The standard InChI is InChI=1S/C15H23N3/c1-2-10-16-13-4-3-5-14(18-13)17-11-15(8-9-15)12-6-7-12/h3-5,12H,2,6-11H2,1H3,(H2,16,17,18). The monoisotopic (exact) mass is 245 g/mol. The van der Waals surface area contributed by atoms with Crippen molar-refractivity contribution in [3.05, 3.63) is 18.2 Å². The molecule has 1 aromatic heterocycles. The van der Waals surface area contributed by atoms with Crippen LogP contribution in [0.15, 0.2) is 18.2 Å². The summed E-state index contributed by atoms with van der Waals surface area (Å²) in [5.41, 5.74) is 0.633. The molecule has 0 bridgehead atoms. The van der Waals surface area contributed by atoms with Gasteiger partial charge >= 0.3 is 0 Å². The number of pyridine rings is 1. The molecular weight excluding hydrogens is 222 g/mol. The molecule has 0 aliphatic heterocycles. The third-order valence-electron chi connectivity index (χ3n) is 4.26. The fraction of sp³-hybridized carbons (Fsp3) is 0.667.